The normalized spacial score (nSPS) is 10.6. The Morgan fingerprint density at radius 3 is 2.36 bits per heavy atom. The molecule has 0 atom stereocenters. The highest BCUT2D eigenvalue weighted by atomic mass is 35.5. The number of nitro groups is 2. The first-order valence-electron chi connectivity index (χ1n) is 10.3. The maximum absolute atomic E-state index is 12.4. The summed E-state index contributed by atoms with van der Waals surface area (Å²) in [6.07, 6.45) is 1.34. The van der Waals surface area contributed by atoms with Gasteiger partial charge in [0.2, 0.25) is 5.75 Å². The Morgan fingerprint density at radius 1 is 1.00 bits per heavy atom. The largest absolute Gasteiger partial charge is 0.493 e. The van der Waals surface area contributed by atoms with Gasteiger partial charge in [-0.2, -0.15) is 5.10 Å². The SMILES string of the molecule is CCOc1ccc(C(=O)N/N=C/c2ccc(Oc3ccc([N+](=O)[O-])cc3[N+](=O)[O-])c(Cl)c2)cc1OC. The number of methoxy groups -OCH3 is 1. The number of amides is 1. The Kier molecular flexibility index (Phi) is 8.36. The number of carbonyl (C=O) groups is 1. The molecule has 0 aliphatic rings. The van der Waals surface area contributed by atoms with Gasteiger partial charge in [0.1, 0.15) is 5.75 Å². The zero-order chi connectivity index (χ0) is 26.2. The molecule has 12 nitrogen and oxygen atoms in total. The average molecular weight is 515 g/mol. The summed E-state index contributed by atoms with van der Waals surface area (Å²) in [5.74, 6) is 0.299. The lowest BCUT2D eigenvalue weighted by Crippen LogP contribution is -2.17. The van der Waals surface area contributed by atoms with Crippen molar-refractivity contribution < 1.29 is 28.9 Å². The van der Waals surface area contributed by atoms with Crippen LogP contribution in [0.25, 0.3) is 0 Å². The highest BCUT2D eigenvalue weighted by Gasteiger charge is 2.22. The molecule has 36 heavy (non-hydrogen) atoms. The number of hydrogen-bond acceptors (Lipinski definition) is 9. The zero-order valence-electron chi connectivity index (χ0n) is 19.0. The van der Waals surface area contributed by atoms with E-state index in [0.29, 0.717) is 29.2 Å². The standard InChI is InChI=1S/C23H19ClN4O8/c1-3-35-21-8-5-15(11-22(21)34-2)23(29)26-25-13-14-4-7-19(17(24)10-14)36-20-9-6-16(27(30)31)12-18(20)28(32)33/h4-13H,3H2,1-2H3,(H,26,29)/b25-13+. The average Bonchev–Trinajstić information content (AvgIpc) is 2.85. The van der Waals surface area contributed by atoms with Gasteiger partial charge >= 0.3 is 5.69 Å². The lowest BCUT2D eigenvalue weighted by molar-refractivity contribution is -0.394. The minimum absolute atomic E-state index is 0.0799. The summed E-state index contributed by atoms with van der Waals surface area (Å²) in [5, 5.41) is 26.2. The second-order valence-electron chi connectivity index (χ2n) is 6.96. The van der Waals surface area contributed by atoms with E-state index >= 15 is 0 Å². The lowest BCUT2D eigenvalue weighted by atomic mass is 10.2. The summed E-state index contributed by atoms with van der Waals surface area (Å²) in [6.45, 7) is 2.28. The molecule has 0 unspecified atom stereocenters. The Morgan fingerprint density at radius 2 is 1.72 bits per heavy atom. The maximum atomic E-state index is 12.4. The van der Waals surface area contributed by atoms with E-state index in [-0.39, 0.29) is 16.5 Å². The monoisotopic (exact) mass is 514 g/mol. The van der Waals surface area contributed by atoms with Crippen molar-refractivity contribution in [3.8, 4) is 23.0 Å². The van der Waals surface area contributed by atoms with Crippen molar-refractivity contribution in [3.05, 3.63) is 91.0 Å². The number of nitrogens with one attached hydrogen (secondary N) is 1. The second-order valence-corrected chi connectivity index (χ2v) is 7.36. The van der Waals surface area contributed by atoms with Crippen LogP contribution in [0, 0.1) is 20.2 Å². The highest BCUT2D eigenvalue weighted by Crippen LogP contribution is 2.37. The van der Waals surface area contributed by atoms with E-state index in [1.54, 1.807) is 18.2 Å². The van der Waals surface area contributed by atoms with Gasteiger partial charge in [-0.15, -0.1) is 0 Å². The van der Waals surface area contributed by atoms with Crippen molar-refractivity contribution in [3.63, 3.8) is 0 Å². The molecule has 0 spiro atoms. The molecule has 0 heterocycles. The van der Waals surface area contributed by atoms with Gasteiger partial charge in [0.25, 0.3) is 11.6 Å². The first-order valence-corrected chi connectivity index (χ1v) is 10.7. The maximum Gasteiger partial charge on any atom is 0.318 e. The summed E-state index contributed by atoms with van der Waals surface area (Å²) in [7, 11) is 1.47. The number of nitro benzene ring substituents is 2. The van der Waals surface area contributed by atoms with Crippen molar-refractivity contribution in [1.82, 2.24) is 5.43 Å². The van der Waals surface area contributed by atoms with Gasteiger partial charge in [-0.05, 0) is 55.0 Å². The van der Waals surface area contributed by atoms with E-state index < -0.39 is 27.1 Å². The molecular weight excluding hydrogens is 496 g/mol. The van der Waals surface area contributed by atoms with Crippen LogP contribution in [-0.2, 0) is 0 Å². The third kappa shape index (κ3) is 6.24. The molecule has 0 fully saturated rings. The molecule has 1 amide bonds. The van der Waals surface area contributed by atoms with E-state index in [4.69, 9.17) is 25.8 Å². The van der Waals surface area contributed by atoms with Gasteiger partial charge in [0.05, 0.1) is 40.9 Å². The van der Waals surface area contributed by atoms with E-state index in [1.165, 1.54) is 31.5 Å². The van der Waals surface area contributed by atoms with Crippen molar-refractivity contribution in [2.45, 2.75) is 6.92 Å². The molecule has 0 aliphatic heterocycles. The predicted octanol–water partition coefficient (Wildman–Crippen LogP) is 5.12. The molecule has 0 saturated heterocycles. The fraction of sp³-hybridized carbons (Fsp3) is 0.130. The van der Waals surface area contributed by atoms with Crippen LogP contribution < -0.4 is 19.6 Å². The summed E-state index contributed by atoms with van der Waals surface area (Å²) in [4.78, 5) is 33.0. The van der Waals surface area contributed by atoms with Crippen molar-refractivity contribution in [2.24, 2.45) is 5.10 Å². The summed E-state index contributed by atoms with van der Waals surface area (Å²) in [5.41, 5.74) is 2.16. The van der Waals surface area contributed by atoms with Crippen LogP contribution in [0.2, 0.25) is 5.02 Å². The summed E-state index contributed by atoms with van der Waals surface area (Å²) < 4.78 is 16.2. The quantitative estimate of drug-likeness (QED) is 0.222. The smallest absolute Gasteiger partial charge is 0.318 e. The van der Waals surface area contributed by atoms with Crippen LogP contribution in [0.5, 0.6) is 23.0 Å². The zero-order valence-corrected chi connectivity index (χ0v) is 19.7. The molecule has 186 valence electrons. The number of benzene rings is 3. The molecule has 3 aromatic carbocycles. The van der Waals surface area contributed by atoms with Crippen LogP contribution in [0.3, 0.4) is 0 Å². The molecule has 0 aromatic heterocycles. The Labute approximate surface area is 209 Å². The van der Waals surface area contributed by atoms with E-state index in [0.717, 1.165) is 18.2 Å². The minimum atomic E-state index is -0.792. The first-order chi connectivity index (χ1) is 17.2. The van der Waals surface area contributed by atoms with Crippen LogP contribution in [0.15, 0.2) is 59.7 Å². The van der Waals surface area contributed by atoms with Crippen molar-refractivity contribution >= 4 is 35.1 Å². The Bertz CT molecular complexity index is 1350. The molecule has 13 heteroatoms. The van der Waals surface area contributed by atoms with E-state index in [2.05, 4.69) is 10.5 Å². The molecule has 0 aliphatic carbocycles. The number of carbonyl (C=O) groups excluding carboxylic acids is 1. The van der Waals surface area contributed by atoms with Crippen LogP contribution >= 0.6 is 11.6 Å². The number of ether oxygens (including phenoxy) is 3. The molecular formula is C23H19ClN4O8. The number of halogens is 1. The highest BCUT2D eigenvalue weighted by molar-refractivity contribution is 6.32. The molecule has 0 bridgehead atoms. The van der Waals surface area contributed by atoms with Crippen LogP contribution in [0.4, 0.5) is 11.4 Å². The van der Waals surface area contributed by atoms with Gasteiger partial charge in [0.15, 0.2) is 11.5 Å². The molecule has 0 saturated carbocycles. The van der Waals surface area contributed by atoms with Gasteiger partial charge in [-0.3, -0.25) is 25.0 Å². The van der Waals surface area contributed by atoms with Crippen LogP contribution in [0.1, 0.15) is 22.8 Å². The van der Waals surface area contributed by atoms with Gasteiger partial charge < -0.3 is 14.2 Å². The van der Waals surface area contributed by atoms with Crippen molar-refractivity contribution in [2.75, 3.05) is 13.7 Å². The Balaban J connectivity index is 1.70. The summed E-state index contributed by atoms with van der Waals surface area (Å²) in [6, 6.07) is 12.2. The first kappa shape index (κ1) is 25.9. The van der Waals surface area contributed by atoms with Gasteiger partial charge in [-0.25, -0.2) is 5.43 Å². The fourth-order valence-corrected chi connectivity index (χ4v) is 3.19. The van der Waals surface area contributed by atoms with E-state index in [1.807, 2.05) is 6.92 Å². The van der Waals surface area contributed by atoms with Crippen LogP contribution in [-0.4, -0.2) is 35.7 Å². The number of hydrazone groups is 1. The number of rotatable bonds is 10. The topological polar surface area (TPSA) is 155 Å². The molecule has 3 aromatic rings. The number of hydrogen-bond donors (Lipinski definition) is 1. The molecule has 1 N–H and O–H groups in total. The van der Waals surface area contributed by atoms with Gasteiger partial charge in [-0.1, -0.05) is 11.6 Å². The van der Waals surface area contributed by atoms with Gasteiger partial charge in [0, 0.05) is 11.6 Å². The third-order valence-corrected chi connectivity index (χ3v) is 4.93. The van der Waals surface area contributed by atoms with Crippen molar-refractivity contribution in [1.29, 1.82) is 0 Å². The molecule has 0 radical (unpaired) electrons. The minimum Gasteiger partial charge on any atom is -0.493 e. The summed E-state index contributed by atoms with van der Waals surface area (Å²) >= 11 is 6.23. The molecule has 3 rings (SSSR count). The third-order valence-electron chi connectivity index (χ3n) is 4.63. The second kappa shape index (κ2) is 11.6. The lowest BCUT2D eigenvalue weighted by Gasteiger charge is -2.10. The fourth-order valence-electron chi connectivity index (χ4n) is 2.96. The Hall–Kier alpha value is -4.71. The number of nitrogens with zero attached hydrogens (tertiary/aromatic N) is 3. The number of non-ortho nitro benzene ring substituents is 1. The predicted molar refractivity (Wildman–Crippen MR) is 130 cm³/mol. The van der Waals surface area contributed by atoms with E-state index in [9.17, 15) is 25.0 Å².